The third-order valence-electron chi connectivity index (χ3n) is 6.37. The number of hydrogen-bond donors (Lipinski definition) is 1. The van der Waals surface area contributed by atoms with Crippen molar-refractivity contribution >= 4 is 11.7 Å². The molecular weight excluding hydrogens is 340 g/mol. The summed E-state index contributed by atoms with van der Waals surface area (Å²) >= 11 is 0. The van der Waals surface area contributed by atoms with Crippen molar-refractivity contribution in [2.75, 3.05) is 44.2 Å². The van der Waals surface area contributed by atoms with Crippen molar-refractivity contribution in [3.05, 3.63) is 17.1 Å². The first-order valence-corrected chi connectivity index (χ1v) is 10.1. The summed E-state index contributed by atoms with van der Waals surface area (Å²) in [4.78, 5) is 28.8. The Hall–Kier alpha value is -1.73. The van der Waals surface area contributed by atoms with Crippen LogP contribution in [0.5, 0.6) is 0 Å². The van der Waals surface area contributed by atoms with Gasteiger partial charge in [0.1, 0.15) is 5.82 Å². The van der Waals surface area contributed by atoms with Crippen molar-refractivity contribution in [3.8, 4) is 0 Å². The summed E-state index contributed by atoms with van der Waals surface area (Å²) in [6.45, 7) is 15.6. The summed E-state index contributed by atoms with van der Waals surface area (Å²) in [7, 11) is 0. The van der Waals surface area contributed by atoms with E-state index in [2.05, 4.69) is 40.5 Å². The second-order valence-corrected chi connectivity index (χ2v) is 8.52. The molecule has 0 radical (unpaired) electrons. The predicted molar refractivity (Wildman–Crippen MR) is 108 cm³/mol. The molecule has 2 saturated heterocycles. The molecule has 2 aliphatic rings. The van der Waals surface area contributed by atoms with Gasteiger partial charge in [-0.05, 0) is 40.5 Å². The maximum Gasteiger partial charge on any atom is 0.291 e. The van der Waals surface area contributed by atoms with Crippen LogP contribution >= 0.6 is 0 Å². The van der Waals surface area contributed by atoms with Gasteiger partial charge in [0.2, 0.25) is 5.82 Å². The highest BCUT2D eigenvalue weighted by Crippen LogP contribution is 2.25. The number of amides is 1. The zero-order valence-corrected chi connectivity index (χ0v) is 17.5. The molecule has 7 heteroatoms. The van der Waals surface area contributed by atoms with Crippen LogP contribution in [0.2, 0.25) is 0 Å². The molecule has 2 fully saturated rings. The summed E-state index contributed by atoms with van der Waals surface area (Å²) < 4.78 is 0. The fourth-order valence-electron chi connectivity index (χ4n) is 3.88. The Bertz CT molecular complexity index is 696. The lowest BCUT2D eigenvalue weighted by atomic mass is 9.98. The fourth-order valence-corrected chi connectivity index (χ4v) is 3.88. The van der Waals surface area contributed by atoms with E-state index in [9.17, 15) is 4.79 Å². The monoisotopic (exact) mass is 374 g/mol. The number of carbonyl (C=O) groups excluding carboxylic acids is 1. The quantitative estimate of drug-likeness (QED) is 0.862. The van der Waals surface area contributed by atoms with Gasteiger partial charge in [-0.3, -0.25) is 9.69 Å². The Morgan fingerprint density at radius 1 is 1.15 bits per heavy atom. The van der Waals surface area contributed by atoms with Crippen LogP contribution in [0.15, 0.2) is 0 Å². The standard InChI is InChI=1S/C20H34N6O/c1-6-20(4,5)26-11-9-24(10-12-26)19(27)17-22-15(3)14(2)18(23-17)25-8-7-16(21)13-25/h16H,6-13,21H2,1-5H3/t16-/m1/s1. The average Bonchev–Trinajstić information content (AvgIpc) is 3.09. The highest BCUT2D eigenvalue weighted by molar-refractivity contribution is 5.91. The number of carbonyl (C=O) groups is 1. The molecule has 150 valence electrons. The first kappa shape index (κ1) is 20.0. The molecule has 1 aromatic rings. The molecule has 0 saturated carbocycles. The zero-order valence-electron chi connectivity index (χ0n) is 17.5. The molecule has 0 bridgehead atoms. The SMILES string of the molecule is CCC(C)(C)N1CCN(C(=O)c2nc(C)c(C)c(N3CC[C@@H](N)C3)n2)CC1. The molecule has 2 N–H and O–H groups in total. The van der Waals surface area contributed by atoms with Gasteiger partial charge in [0.25, 0.3) is 5.91 Å². The van der Waals surface area contributed by atoms with Crippen molar-refractivity contribution in [2.45, 2.75) is 59.0 Å². The van der Waals surface area contributed by atoms with Crippen LogP contribution in [0.3, 0.4) is 0 Å². The lowest BCUT2D eigenvalue weighted by Crippen LogP contribution is -2.55. The Morgan fingerprint density at radius 3 is 2.37 bits per heavy atom. The smallest absolute Gasteiger partial charge is 0.291 e. The second-order valence-electron chi connectivity index (χ2n) is 8.52. The minimum Gasteiger partial charge on any atom is -0.355 e. The van der Waals surface area contributed by atoms with Gasteiger partial charge in [0, 0.05) is 62.1 Å². The van der Waals surface area contributed by atoms with Crippen LogP contribution in [0, 0.1) is 13.8 Å². The molecule has 1 atom stereocenters. The van der Waals surface area contributed by atoms with Crippen LogP contribution in [0.4, 0.5) is 5.82 Å². The molecule has 0 spiro atoms. The van der Waals surface area contributed by atoms with Crippen LogP contribution in [0.1, 0.15) is 55.5 Å². The average molecular weight is 375 g/mol. The van der Waals surface area contributed by atoms with Crippen molar-refractivity contribution in [1.82, 2.24) is 19.8 Å². The third-order valence-corrected chi connectivity index (χ3v) is 6.37. The Kier molecular flexibility index (Phi) is 5.72. The summed E-state index contributed by atoms with van der Waals surface area (Å²) in [6, 6.07) is 0.175. The van der Waals surface area contributed by atoms with Crippen molar-refractivity contribution < 1.29 is 4.79 Å². The number of hydrogen-bond acceptors (Lipinski definition) is 6. The van der Waals surface area contributed by atoms with Gasteiger partial charge in [-0.25, -0.2) is 9.97 Å². The van der Waals surface area contributed by atoms with Gasteiger partial charge in [-0.15, -0.1) is 0 Å². The summed E-state index contributed by atoms with van der Waals surface area (Å²) in [5.74, 6) is 1.12. The van der Waals surface area contributed by atoms with Gasteiger partial charge in [0.05, 0.1) is 0 Å². The maximum atomic E-state index is 13.1. The molecule has 27 heavy (non-hydrogen) atoms. The lowest BCUT2D eigenvalue weighted by molar-refractivity contribution is 0.0382. The van der Waals surface area contributed by atoms with Crippen molar-refractivity contribution in [3.63, 3.8) is 0 Å². The van der Waals surface area contributed by atoms with Gasteiger partial charge in [-0.1, -0.05) is 6.92 Å². The number of nitrogens with two attached hydrogens (primary N) is 1. The van der Waals surface area contributed by atoms with E-state index in [0.29, 0.717) is 5.82 Å². The number of anilines is 1. The van der Waals surface area contributed by atoms with E-state index >= 15 is 0 Å². The largest absolute Gasteiger partial charge is 0.355 e. The molecule has 1 aromatic heterocycles. The lowest BCUT2D eigenvalue weighted by Gasteiger charge is -2.43. The molecule has 2 aliphatic heterocycles. The van der Waals surface area contributed by atoms with E-state index in [0.717, 1.165) is 69.2 Å². The minimum absolute atomic E-state index is 0.0585. The first-order valence-electron chi connectivity index (χ1n) is 10.1. The number of aryl methyl sites for hydroxylation is 1. The van der Waals surface area contributed by atoms with Gasteiger partial charge < -0.3 is 15.5 Å². The normalized spacial score (nSPS) is 21.8. The first-order chi connectivity index (χ1) is 12.7. The minimum atomic E-state index is -0.0585. The van der Waals surface area contributed by atoms with Crippen molar-refractivity contribution in [1.29, 1.82) is 0 Å². The van der Waals surface area contributed by atoms with Crippen LogP contribution in [0.25, 0.3) is 0 Å². The zero-order chi connectivity index (χ0) is 19.8. The van der Waals surface area contributed by atoms with Gasteiger partial charge in [-0.2, -0.15) is 0 Å². The van der Waals surface area contributed by atoms with Crippen LogP contribution < -0.4 is 10.6 Å². The second kappa shape index (κ2) is 7.72. The molecule has 7 nitrogen and oxygen atoms in total. The summed E-state index contributed by atoms with van der Waals surface area (Å²) in [6.07, 6.45) is 2.06. The van der Waals surface area contributed by atoms with Crippen LogP contribution in [-0.2, 0) is 0 Å². The Morgan fingerprint density at radius 2 is 1.81 bits per heavy atom. The molecule has 0 aliphatic carbocycles. The number of piperazine rings is 1. The van der Waals surface area contributed by atoms with Crippen molar-refractivity contribution in [2.24, 2.45) is 5.73 Å². The van der Waals surface area contributed by atoms with Crippen LogP contribution in [-0.4, -0.2) is 76.5 Å². The summed E-state index contributed by atoms with van der Waals surface area (Å²) in [5.41, 5.74) is 8.14. The van der Waals surface area contributed by atoms with E-state index < -0.39 is 0 Å². The molecular formula is C20H34N6O. The maximum absolute atomic E-state index is 13.1. The molecule has 0 unspecified atom stereocenters. The topological polar surface area (TPSA) is 78.6 Å². The highest BCUT2D eigenvalue weighted by Gasteiger charge is 2.32. The van der Waals surface area contributed by atoms with E-state index in [-0.39, 0.29) is 17.5 Å². The summed E-state index contributed by atoms with van der Waals surface area (Å²) in [5, 5.41) is 0. The Labute approximate surface area is 162 Å². The fraction of sp³-hybridized carbons (Fsp3) is 0.750. The highest BCUT2D eigenvalue weighted by atomic mass is 16.2. The number of nitrogens with zero attached hydrogens (tertiary/aromatic N) is 5. The molecule has 1 amide bonds. The number of aromatic nitrogens is 2. The van der Waals surface area contributed by atoms with Gasteiger partial charge >= 0.3 is 0 Å². The van der Waals surface area contributed by atoms with Gasteiger partial charge in [0.15, 0.2) is 0 Å². The third kappa shape index (κ3) is 4.09. The molecule has 3 heterocycles. The van der Waals surface area contributed by atoms with E-state index in [1.165, 1.54) is 0 Å². The predicted octanol–water partition coefficient (Wildman–Crippen LogP) is 1.58. The molecule has 0 aromatic carbocycles. The number of rotatable bonds is 4. The Balaban J connectivity index is 1.75. The van der Waals surface area contributed by atoms with E-state index in [4.69, 9.17) is 5.73 Å². The van der Waals surface area contributed by atoms with E-state index in [1.54, 1.807) is 0 Å². The van der Waals surface area contributed by atoms with E-state index in [1.807, 2.05) is 18.7 Å². The molecule has 3 rings (SSSR count).